The molecule has 1 amide bonds. The van der Waals surface area contributed by atoms with E-state index in [4.69, 9.17) is 9.47 Å². The smallest absolute Gasteiger partial charge is 0.410 e. The molecular weight excluding hydrogens is 340 g/mol. The van der Waals surface area contributed by atoms with Crippen molar-refractivity contribution in [2.45, 2.75) is 47.1 Å². The number of allylic oxidation sites excluding steroid dienone is 1. The molecule has 0 aromatic heterocycles. The number of hydrogen-bond donors (Lipinski definition) is 0. The van der Waals surface area contributed by atoms with E-state index in [9.17, 15) is 4.79 Å². The normalized spacial score (nSPS) is 26.1. The Labute approximate surface area is 164 Å². The predicted octanol–water partition coefficient (Wildman–Crippen LogP) is 4.02. The summed E-state index contributed by atoms with van der Waals surface area (Å²) in [5, 5.41) is 0. The fraction of sp³-hybridized carbons (Fsp3) is 0.682. The molecule has 0 radical (unpaired) electrons. The van der Waals surface area contributed by atoms with E-state index in [-0.39, 0.29) is 11.5 Å². The number of morpholine rings is 1. The third-order valence-electron chi connectivity index (χ3n) is 5.13. The molecule has 2 aliphatic rings. The molecule has 0 aromatic carbocycles. The molecule has 1 fully saturated rings. The summed E-state index contributed by atoms with van der Waals surface area (Å²) >= 11 is 0. The van der Waals surface area contributed by atoms with Gasteiger partial charge in [-0.25, -0.2) is 4.79 Å². The maximum Gasteiger partial charge on any atom is 0.410 e. The van der Waals surface area contributed by atoms with Gasteiger partial charge < -0.3 is 14.4 Å². The van der Waals surface area contributed by atoms with Crippen LogP contribution in [0.4, 0.5) is 4.79 Å². The van der Waals surface area contributed by atoms with Gasteiger partial charge in [-0.1, -0.05) is 32.6 Å². The Morgan fingerprint density at radius 1 is 1.30 bits per heavy atom. The first kappa shape index (κ1) is 21.7. The van der Waals surface area contributed by atoms with Gasteiger partial charge in [0.25, 0.3) is 0 Å². The average molecular weight is 377 g/mol. The maximum absolute atomic E-state index is 12.7. The van der Waals surface area contributed by atoms with Gasteiger partial charge in [-0.3, -0.25) is 4.90 Å². The molecule has 0 saturated carbocycles. The van der Waals surface area contributed by atoms with Crippen molar-refractivity contribution in [2.24, 2.45) is 5.41 Å². The number of amides is 1. The second kappa shape index (κ2) is 8.61. The number of carbonyl (C=O) groups is 1. The van der Waals surface area contributed by atoms with Crippen molar-refractivity contribution in [3.8, 4) is 0 Å². The molecule has 1 saturated heterocycles. The van der Waals surface area contributed by atoms with E-state index >= 15 is 0 Å². The molecule has 2 heterocycles. The average Bonchev–Trinajstić information content (AvgIpc) is 2.60. The highest BCUT2D eigenvalue weighted by molar-refractivity contribution is 5.68. The van der Waals surface area contributed by atoms with Crippen LogP contribution in [0.15, 0.2) is 35.5 Å². The van der Waals surface area contributed by atoms with E-state index in [0.29, 0.717) is 13.1 Å². The molecule has 0 atom stereocenters. The van der Waals surface area contributed by atoms with E-state index in [1.807, 2.05) is 20.8 Å². The SMILES string of the molecule is C=C1/C(C)=C(CN2CCOCC2)\C=C/CN(C(=O)OC(C)(C)C)CC1(C)C. The van der Waals surface area contributed by atoms with Gasteiger partial charge in [0.2, 0.25) is 0 Å². The van der Waals surface area contributed by atoms with Crippen LogP contribution in [0.25, 0.3) is 0 Å². The fourth-order valence-corrected chi connectivity index (χ4v) is 3.42. The Kier molecular flexibility index (Phi) is 6.92. The number of rotatable bonds is 2. The highest BCUT2D eigenvalue weighted by Gasteiger charge is 2.31. The molecule has 27 heavy (non-hydrogen) atoms. The van der Waals surface area contributed by atoms with Crippen molar-refractivity contribution < 1.29 is 14.3 Å². The molecule has 5 heteroatoms. The van der Waals surface area contributed by atoms with Gasteiger partial charge in [0, 0.05) is 38.1 Å². The minimum Gasteiger partial charge on any atom is -0.444 e. The molecule has 2 aliphatic heterocycles. The Balaban J connectivity index is 2.23. The van der Waals surface area contributed by atoms with Crippen LogP contribution in [-0.4, -0.2) is 67.4 Å². The van der Waals surface area contributed by atoms with Crippen LogP contribution >= 0.6 is 0 Å². The van der Waals surface area contributed by atoms with Crippen LogP contribution in [0.2, 0.25) is 0 Å². The molecule has 2 rings (SSSR count). The summed E-state index contributed by atoms with van der Waals surface area (Å²) in [7, 11) is 0. The van der Waals surface area contributed by atoms with Crippen LogP contribution in [0.5, 0.6) is 0 Å². The van der Waals surface area contributed by atoms with Crippen LogP contribution in [0.3, 0.4) is 0 Å². The van der Waals surface area contributed by atoms with Gasteiger partial charge in [0.15, 0.2) is 0 Å². The summed E-state index contributed by atoms with van der Waals surface area (Å²) in [6, 6.07) is 0. The van der Waals surface area contributed by atoms with Gasteiger partial charge in [0.05, 0.1) is 13.2 Å². The topological polar surface area (TPSA) is 42.0 Å². The van der Waals surface area contributed by atoms with Crippen LogP contribution in [0.1, 0.15) is 41.5 Å². The first-order chi connectivity index (χ1) is 12.5. The van der Waals surface area contributed by atoms with Gasteiger partial charge in [0.1, 0.15) is 5.60 Å². The third-order valence-corrected chi connectivity index (χ3v) is 5.13. The highest BCUT2D eigenvalue weighted by Crippen LogP contribution is 2.34. The number of nitrogens with zero attached hydrogens (tertiary/aromatic N) is 2. The van der Waals surface area contributed by atoms with Gasteiger partial charge in [-0.2, -0.15) is 0 Å². The first-order valence-corrected chi connectivity index (χ1v) is 9.84. The van der Waals surface area contributed by atoms with Crippen molar-refractivity contribution in [1.29, 1.82) is 0 Å². The van der Waals surface area contributed by atoms with Crippen molar-refractivity contribution in [3.63, 3.8) is 0 Å². The summed E-state index contributed by atoms with van der Waals surface area (Å²) in [6.07, 6.45) is 3.94. The van der Waals surface area contributed by atoms with Crippen molar-refractivity contribution in [3.05, 3.63) is 35.5 Å². The second-order valence-corrected chi connectivity index (χ2v) is 9.16. The largest absolute Gasteiger partial charge is 0.444 e. The Bertz CT molecular complexity index is 620. The molecule has 5 nitrogen and oxygen atoms in total. The summed E-state index contributed by atoms with van der Waals surface area (Å²) in [5.74, 6) is 0. The Morgan fingerprint density at radius 3 is 2.52 bits per heavy atom. The monoisotopic (exact) mass is 376 g/mol. The lowest BCUT2D eigenvalue weighted by Gasteiger charge is -2.35. The van der Waals surface area contributed by atoms with E-state index in [1.54, 1.807) is 4.90 Å². The molecular formula is C22H36N2O3. The summed E-state index contributed by atoms with van der Waals surface area (Å²) in [6.45, 7) is 22.0. The predicted molar refractivity (Wildman–Crippen MR) is 110 cm³/mol. The number of hydrogen-bond acceptors (Lipinski definition) is 4. The zero-order valence-electron chi connectivity index (χ0n) is 17.9. The third kappa shape index (κ3) is 6.22. The van der Waals surface area contributed by atoms with E-state index in [2.05, 4.69) is 44.4 Å². The van der Waals surface area contributed by atoms with E-state index in [1.165, 1.54) is 11.1 Å². The lowest BCUT2D eigenvalue weighted by molar-refractivity contribution is 0.0224. The lowest BCUT2D eigenvalue weighted by atomic mass is 9.79. The minimum atomic E-state index is -0.504. The summed E-state index contributed by atoms with van der Waals surface area (Å²) in [4.78, 5) is 16.9. The fourth-order valence-electron chi connectivity index (χ4n) is 3.42. The van der Waals surface area contributed by atoms with Crippen molar-refractivity contribution in [1.82, 2.24) is 9.80 Å². The van der Waals surface area contributed by atoms with Crippen molar-refractivity contribution in [2.75, 3.05) is 45.9 Å². The first-order valence-electron chi connectivity index (χ1n) is 9.84. The second-order valence-electron chi connectivity index (χ2n) is 9.16. The molecule has 0 N–H and O–H groups in total. The Hall–Kier alpha value is -1.59. The summed E-state index contributed by atoms with van der Waals surface area (Å²) < 4.78 is 11.1. The quantitative estimate of drug-likeness (QED) is 0.730. The van der Waals surface area contributed by atoms with Gasteiger partial charge in [-0.15, -0.1) is 0 Å². The Morgan fingerprint density at radius 2 is 1.93 bits per heavy atom. The van der Waals surface area contributed by atoms with Crippen LogP contribution in [-0.2, 0) is 9.47 Å². The number of carbonyl (C=O) groups excluding carboxylic acids is 1. The zero-order valence-corrected chi connectivity index (χ0v) is 17.9. The molecule has 0 unspecified atom stereocenters. The summed E-state index contributed by atoms with van der Waals surface area (Å²) in [5.41, 5.74) is 2.82. The molecule has 152 valence electrons. The van der Waals surface area contributed by atoms with Crippen LogP contribution < -0.4 is 0 Å². The molecule has 0 aliphatic carbocycles. The highest BCUT2D eigenvalue weighted by atomic mass is 16.6. The maximum atomic E-state index is 12.7. The zero-order chi connectivity index (χ0) is 20.2. The van der Waals surface area contributed by atoms with Gasteiger partial charge >= 0.3 is 6.09 Å². The molecule has 0 aromatic rings. The van der Waals surface area contributed by atoms with E-state index < -0.39 is 5.60 Å². The minimum absolute atomic E-state index is 0.233. The number of ether oxygens (including phenoxy) is 2. The molecule has 0 spiro atoms. The molecule has 0 bridgehead atoms. The van der Waals surface area contributed by atoms with Crippen LogP contribution in [0, 0.1) is 5.41 Å². The van der Waals surface area contributed by atoms with E-state index in [0.717, 1.165) is 38.4 Å². The van der Waals surface area contributed by atoms with Crippen molar-refractivity contribution >= 4 is 6.09 Å². The lowest BCUT2D eigenvalue weighted by Crippen LogP contribution is -2.42. The standard InChI is InChI=1S/C22H36N2O3/c1-17-18(2)22(6,7)16-24(20(25)27-21(3,4)5)10-8-9-19(17)15-23-11-13-26-14-12-23/h8-9H,2,10-16H2,1,3-7H3/b9-8-,19-17+. The van der Waals surface area contributed by atoms with Gasteiger partial charge in [-0.05, 0) is 44.4 Å².